The highest BCUT2D eigenvalue weighted by molar-refractivity contribution is 5.75. The first-order valence-electron chi connectivity index (χ1n) is 5.88. The van der Waals surface area contributed by atoms with Crippen molar-refractivity contribution in [3.63, 3.8) is 0 Å². The van der Waals surface area contributed by atoms with Crippen molar-refractivity contribution in [1.82, 2.24) is 0 Å². The van der Waals surface area contributed by atoms with E-state index in [1.54, 1.807) is 0 Å². The largest absolute Gasteiger partial charge is 0.460 e. The lowest BCUT2D eigenvalue weighted by Crippen LogP contribution is -2.35. The van der Waals surface area contributed by atoms with Crippen molar-refractivity contribution in [2.45, 2.75) is 52.7 Å². The molecule has 3 nitrogen and oxygen atoms in total. The molecule has 1 rings (SSSR count). The van der Waals surface area contributed by atoms with Crippen LogP contribution in [0.1, 0.15) is 40.5 Å². The molecule has 1 heterocycles. The third-order valence-corrected chi connectivity index (χ3v) is 3.08. The number of carbonyl (C=O) groups excluding carboxylic acids is 1. The van der Waals surface area contributed by atoms with Crippen LogP contribution < -0.4 is 5.73 Å². The van der Waals surface area contributed by atoms with Crippen molar-refractivity contribution in [1.29, 1.82) is 0 Å². The van der Waals surface area contributed by atoms with Gasteiger partial charge in [0, 0.05) is 6.04 Å². The zero-order valence-electron chi connectivity index (χ0n) is 10.2. The van der Waals surface area contributed by atoms with Crippen LogP contribution in [0.3, 0.4) is 0 Å². The van der Waals surface area contributed by atoms with Gasteiger partial charge in [0.1, 0.15) is 6.10 Å². The number of hydrogen-bond donors (Lipinski definition) is 1. The van der Waals surface area contributed by atoms with E-state index in [-0.39, 0.29) is 24.0 Å². The summed E-state index contributed by atoms with van der Waals surface area (Å²) in [6.07, 6.45) is 1.65. The third kappa shape index (κ3) is 3.20. The maximum atomic E-state index is 11.5. The first kappa shape index (κ1) is 12.5. The third-order valence-electron chi connectivity index (χ3n) is 3.08. The molecule has 0 saturated carbocycles. The fourth-order valence-corrected chi connectivity index (χ4v) is 2.13. The molecule has 0 unspecified atom stereocenters. The Labute approximate surface area is 92.4 Å². The molecule has 0 aliphatic carbocycles. The number of hydrogen-bond acceptors (Lipinski definition) is 3. The Morgan fingerprint density at radius 2 is 2.00 bits per heavy atom. The second-order valence-corrected chi connectivity index (χ2v) is 5.35. The fraction of sp³-hybridized carbons (Fsp3) is 0.917. The second kappa shape index (κ2) is 4.97. The topological polar surface area (TPSA) is 52.3 Å². The minimum atomic E-state index is -0.0627. The van der Waals surface area contributed by atoms with E-state index < -0.39 is 0 Å². The van der Waals surface area contributed by atoms with Crippen LogP contribution >= 0.6 is 0 Å². The maximum Gasteiger partial charge on any atom is 0.309 e. The molecule has 0 amide bonds. The first-order chi connectivity index (χ1) is 6.91. The van der Waals surface area contributed by atoms with Gasteiger partial charge < -0.3 is 10.5 Å². The summed E-state index contributed by atoms with van der Waals surface area (Å²) >= 11 is 0. The van der Waals surface area contributed by atoms with Gasteiger partial charge in [-0.05, 0) is 24.7 Å². The zero-order valence-corrected chi connectivity index (χ0v) is 10.2. The van der Waals surface area contributed by atoms with E-state index in [9.17, 15) is 4.79 Å². The summed E-state index contributed by atoms with van der Waals surface area (Å²) < 4.78 is 5.33. The van der Waals surface area contributed by atoms with E-state index >= 15 is 0 Å². The molecule has 3 heteroatoms. The molecule has 0 aromatic heterocycles. The van der Waals surface area contributed by atoms with Crippen molar-refractivity contribution in [2.75, 3.05) is 0 Å². The standard InChI is InChI=1S/C12H23NO2/c1-7(2)5-10(13)11-6-9(8(3)4)12(14)15-11/h7-11H,5-6,13H2,1-4H3/t9-,10+,11+/m0/s1. The number of cyclic esters (lactones) is 1. The van der Waals surface area contributed by atoms with Gasteiger partial charge in [-0.3, -0.25) is 4.79 Å². The highest BCUT2D eigenvalue weighted by atomic mass is 16.6. The summed E-state index contributed by atoms with van der Waals surface area (Å²) in [5.74, 6) is 0.896. The van der Waals surface area contributed by atoms with Gasteiger partial charge in [0.25, 0.3) is 0 Å². The van der Waals surface area contributed by atoms with Gasteiger partial charge in [0.15, 0.2) is 0 Å². The van der Waals surface area contributed by atoms with E-state index in [0.29, 0.717) is 11.8 Å². The van der Waals surface area contributed by atoms with E-state index in [0.717, 1.165) is 12.8 Å². The molecule has 15 heavy (non-hydrogen) atoms. The minimum absolute atomic E-state index is 0.00213. The summed E-state index contributed by atoms with van der Waals surface area (Å²) in [5.41, 5.74) is 6.03. The second-order valence-electron chi connectivity index (χ2n) is 5.35. The lowest BCUT2D eigenvalue weighted by Gasteiger charge is -2.19. The Hall–Kier alpha value is -0.570. The van der Waals surface area contributed by atoms with Crippen molar-refractivity contribution in [3.05, 3.63) is 0 Å². The van der Waals surface area contributed by atoms with E-state index in [2.05, 4.69) is 27.7 Å². The van der Waals surface area contributed by atoms with E-state index in [1.807, 2.05) is 0 Å². The SMILES string of the molecule is CC(C)C[C@@H](N)[C@H]1C[C@@H](C(C)C)C(=O)O1. The number of rotatable bonds is 4. The van der Waals surface area contributed by atoms with Crippen LogP contribution in [0, 0.1) is 17.8 Å². The predicted octanol–water partition coefficient (Wildman–Crippen LogP) is 1.95. The summed E-state index contributed by atoms with van der Waals surface area (Å²) in [7, 11) is 0. The van der Waals surface area contributed by atoms with Gasteiger partial charge in [-0.2, -0.15) is 0 Å². The van der Waals surface area contributed by atoms with Gasteiger partial charge in [-0.15, -0.1) is 0 Å². The summed E-state index contributed by atoms with van der Waals surface area (Å²) in [5, 5.41) is 0. The highest BCUT2D eigenvalue weighted by Crippen LogP contribution is 2.30. The van der Waals surface area contributed by atoms with Gasteiger partial charge in [-0.25, -0.2) is 0 Å². The van der Waals surface area contributed by atoms with Crippen LogP contribution in [0.15, 0.2) is 0 Å². The number of nitrogens with two attached hydrogens (primary N) is 1. The molecule has 3 atom stereocenters. The molecule has 0 radical (unpaired) electrons. The molecule has 1 aliphatic heterocycles. The molecule has 1 aliphatic rings. The smallest absolute Gasteiger partial charge is 0.309 e. The lowest BCUT2D eigenvalue weighted by atomic mass is 9.89. The first-order valence-corrected chi connectivity index (χ1v) is 5.88. The fourth-order valence-electron chi connectivity index (χ4n) is 2.13. The Morgan fingerprint density at radius 1 is 1.40 bits per heavy atom. The quantitative estimate of drug-likeness (QED) is 0.726. The Kier molecular flexibility index (Phi) is 4.14. The van der Waals surface area contributed by atoms with Crippen LogP contribution in [-0.4, -0.2) is 18.1 Å². The average Bonchev–Trinajstić information content (AvgIpc) is 2.46. The normalized spacial score (nSPS) is 28.6. The molecular weight excluding hydrogens is 190 g/mol. The Morgan fingerprint density at radius 3 is 2.40 bits per heavy atom. The predicted molar refractivity (Wildman–Crippen MR) is 60.3 cm³/mol. The molecule has 0 spiro atoms. The average molecular weight is 213 g/mol. The number of ether oxygens (including phenoxy) is 1. The molecule has 88 valence electrons. The van der Waals surface area contributed by atoms with E-state index in [4.69, 9.17) is 10.5 Å². The van der Waals surface area contributed by atoms with Crippen LogP contribution in [0.25, 0.3) is 0 Å². The van der Waals surface area contributed by atoms with Gasteiger partial charge in [0.05, 0.1) is 5.92 Å². The van der Waals surface area contributed by atoms with Gasteiger partial charge in [0.2, 0.25) is 0 Å². The molecular formula is C12H23NO2. The number of esters is 1. The van der Waals surface area contributed by atoms with Crippen molar-refractivity contribution < 1.29 is 9.53 Å². The van der Waals surface area contributed by atoms with Crippen LogP contribution in [-0.2, 0) is 9.53 Å². The lowest BCUT2D eigenvalue weighted by molar-refractivity contribution is -0.145. The van der Waals surface area contributed by atoms with Gasteiger partial charge in [-0.1, -0.05) is 27.7 Å². The molecule has 2 N–H and O–H groups in total. The molecule has 0 aromatic rings. The monoisotopic (exact) mass is 213 g/mol. The van der Waals surface area contributed by atoms with Crippen molar-refractivity contribution >= 4 is 5.97 Å². The van der Waals surface area contributed by atoms with Crippen LogP contribution in [0.2, 0.25) is 0 Å². The van der Waals surface area contributed by atoms with Crippen LogP contribution in [0.5, 0.6) is 0 Å². The summed E-state index contributed by atoms with van der Waals surface area (Å²) in [6.45, 7) is 8.39. The van der Waals surface area contributed by atoms with Crippen LogP contribution in [0.4, 0.5) is 0 Å². The van der Waals surface area contributed by atoms with Gasteiger partial charge >= 0.3 is 5.97 Å². The highest BCUT2D eigenvalue weighted by Gasteiger charge is 2.39. The molecule has 1 saturated heterocycles. The molecule has 0 bridgehead atoms. The molecule has 0 aromatic carbocycles. The zero-order chi connectivity index (χ0) is 11.6. The van der Waals surface area contributed by atoms with Crippen molar-refractivity contribution in [2.24, 2.45) is 23.5 Å². The number of carbonyl (C=O) groups is 1. The van der Waals surface area contributed by atoms with E-state index in [1.165, 1.54) is 0 Å². The van der Waals surface area contributed by atoms with Crippen molar-refractivity contribution in [3.8, 4) is 0 Å². The Bertz CT molecular complexity index is 226. The Balaban J connectivity index is 2.50. The maximum absolute atomic E-state index is 11.5. The molecule has 1 fully saturated rings. The summed E-state index contributed by atoms with van der Waals surface area (Å²) in [4.78, 5) is 11.5. The minimum Gasteiger partial charge on any atom is -0.460 e. The summed E-state index contributed by atoms with van der Waals surface area (Å²) in [6, 6.07) is -0.00213.